The highest BCUT2D eigenvalue weighted by atomic mass is 16.2. The minimum absolute atomic E-state index is 0.187. The van der Waals surface area contributed by atoms with Crippen LogP contribution in [0.4, 0.5) is 0 Å². The van der Waals surface area contributed by atoms with E-state index in [1.807, 2.05) is 42.5 Å². The molecule has 2 aromatic heterocycles. The molecule has 0 spiro atoms. The van der Waals surface area contributed by atoms with Gasteiger partial charge in [-0.25, -0.2) is 0 Å². The summed E-state index contributed by atoms with van der Waals surface area (Å²) in [6, 6.07) is 15.8. The zero-order chi connectivity index (χ0) is 22.1. The van der Waals surface area contributed by atoms with Crippen molar-refractivity contribution in [2.24, 2.45) is 5.92 Å². The van der Waals surface area contributed by atoms with Gasteiger partial charge in [0, 0.05) is 43.4 Å². The molecule has 0 radical (unpaired) electrons. The lowest BCUT2D eigenvalue weighted by atomic mass is 10.0. The van der Waals surface area contributed by atoms with Crippen molar-refractivity contribution in [3.8, 4) is 0 Å². The molecule has 1 atom stereocenters. The van der Waals surface area contributed by atoms with E-state index < -0.39 is 6.04 Å². The van der Waals surface area contributed by atoms with E-state index in [-0.39, 0.29) is 11.8 Å². The van der Waals surface area contributed by atoms with Gasteiger partial charge in [0.2, 0.25) is 5.91 Å². The van der Waals surface area contributed by atoms with E-state index in [0.717, 1.165) is 17.5 Å². The predicted molar refractivity (Wildman–Crippen MR) is 120 cm³/mol. The van der Waals surface area contributed by atoms with Crippen LogP contribution in [0.5, 0.6) is 0 Å². The summed E-state index contributed by atoms with van der Waals surface area (Å²) < 4.78 is 0. The maximum atomic E-state index is 13.5. The van der Waals surface area contributed by atoms with E-state index in [4.69, 9.17) is 0 Å². The summed E-state index contributed by atoms with van der Waals surface area (Å²) in [5, 5.41) is 2.99. The molecule has 1 aromatic carbocycles. The number of rotatable bonds is 9. The Morgan fingerprint density at radius 3 is 2.32 bits per heavy atom. The number of carbonyl (C=O) groups is 2. The highest BCUT2D eigenvalue weighted by molar-refractivity contribution is 5.97. The summed E-state index contributed by atoms with van der Waals surface area (Å²) in [6.07, 6.45) is 7.38. The van der Waals surface area contributed by atoms with Crippen molar-refractivity contribution in [1.29, 1.82) is 0 Å². The van der Waals surface area contributed by atoms with Crippen LogP contribution in [0.3, 0.4) is 0 Å². The fraction of sp³-hybridized carbons (Fsp3) is 0.280. The van der Waals surface area contributed by atoms with Crippen LogP contribution in [-0.2, 0) is 11.3 Å². The number of hydrogen-bond acceptors (Lipinski definition) is 4. The molecule has 3 aromatic rings. The van der Waals surface area contributed by atoms with Crippen LogP contribution in [0.25, 0.3) is 0 Å². The van der Waals surface area contributed by atoms with E-state index in [0.29, 0.717) is 24.6 Å². The maximum Gasteiger partial charge on any atom is 0.254 e. The smallest absolute Gasteiger partial charge is 0.254 e. The Kier molecular flexibility index (Phi) is 7.87. The Morgan fingerprint density at radius 1 is 0.935 bits per heavy atom. The molecule has 2 heterocycles. The molecule has 1 N–H and O–H groups in total. The van der Waals surface area contributed by atoms with Crippen molar-refractivity contribution in [2.45, 2.75) is 32.9 Å². The highest BCUT2D eigenvalue weighted by Gasteiger charge is 2.31. The number of benzene rings is 1. The lowest BCUT2D eigenvalue weighted by Gasteiger charge is -2.32. The largest absolute Gasteiger partial charge is 0.350 e. The average Bonchev–Trinajstić information content (AvgIpc) is 2.81. The molecule has 0 aliphatic carbocycles. The summed E-state index contributed by atoms with van der Waals surface area (Å²) in [4.78, 5) is 36.6. The van der Waals surface area contributed by atoms with Crippen molar-refractivity contribution >= 4 is 11.8 Å². The maximum absolute atomic E-state index is 13.5. The van der Waals surface area contributed by atoms with Crippen molar-refractivity contribution in [3.63, 3.8) is 0 Å². The standard InChI is InChI=1S/C25H28N4O2/c1-19(2)12-16-29(25(31)22-10-14-26-15-11-22)23(21-8-4-3-5-9-21)24(30)28-18-20-7-6-13-27-17-20/h3-11,13-15,17,19,23H,12,16,18H2,1-2H3,(H,28,30). The van der Waals surface area contributed by atoms with Crippen molar-refractivity contribution in [2.75, 3.05) is 6.54 Å². The molecule has 2 amide bonds. The summed E-state index contributed by atoms with van der Waals surface area (Å²) in [5.41, 5.74) is 2.19. The van der Waals surface area contributed by atoms with Gasteiger partial charge in [-0.2, -0.15) is 0 Å². The molecule has 0 fully saturated rings. The Balaban J connectivity index is 1.92. The number of nitrogens with zero attached hydrogens (tertiary/aromatic N) is 3. The first-order valence-electron chi connectivity index (χ1n) is 10.5. The van der Waals surface area contributed by atoms with Crippen molar-refractivity contribution in [1.82, 2.24) is 20.2 Å². The Labute approximate surface area is 183 Å². The first-order valence-corrected chi connectivity index (χ1v) is 10.5. The van der Waals surface area contributed by atoms with Gasteiger partial charge in [-0.3, -0.25) is 19.6 Å². The molecule has 6 nitrogen and oxygen atoms in total. The minimum atomic E-state index is -0.739. The Morgan fingerprint density at radius 2 is 1.68 bits per heavy atom. The second-order valence-corrected chi connectivity index (χ2v) is 7.81. The van der Waals surface area contributed by atoms with Crippen molar-refractivity contribution in [3.05, 3.63) is 96.1 Å². The molecule has 0 aliphatic rings. The molecule has 1 unspecified atom stereocenters. The Bertz CT molecular complexity index is 963. The molecular weight excluding hydrogens is 388 g/mol. The second kappa shape index (κ2) is 11.0. The third-order valence-corrected chi connectivity index (χ3v) is 5.00. The topological polar surface area (TPSA) is 75.2 Å². The number of aromatic nitrogens is 2. The zero-order valence-electron chi connectivity index (χ0n) is 17.9. The minimum Gasteiger partial charge on any atom is -0.350 e. The van der Waals surface area contributed by atoms with Gasteiger partial charge in [0.15, 0.2) is 0 Å². The predicted octanol–water partition coefficient (Wildman–Crippen LogP) is 4.02. The summed E-state index contributed by atoms with van der Waals surface area (Å²) in [7, 11) is 0. The zero-order valence-corrected chi connectivity index (χ0v) is 17.9. The molecule has 0 saturated heterocycles. The Hall–Kier alpha value is -3.54. The van der Waals surface area contributed by atoms with Gasteiger partial charge in [-0.05, 0) is 41.7 Å². The van der Waals surface area contributed by atoms with Crippen LogP contribution in [-0.4, -0.2) is 33.2 Å². The highest BCUT2D eigenvalue weighted by Crippen LogP contribution is 2.25. The van der Waals surface area contributed by atoms with Crippen LogP contribution < -0.4 is 5.32 Å². The third kappa shape index (κ3) is 6.22. The molecule has 3 rings (SSSR count). The van der Waals surface area contributed by atoms with E-state index in [2.05, 4.69) is 29.1 Å². The lowest BCUT2D eigenvalue weighted by molar-refractivity contribution is -0.126. The number of carbonyl (C=O) groups excluding carboxylic acids is 2. The van der Waals surface area contributed by atoms with Gasteiger partial charge in [-0.15, -0.1) is 0 Å². The van der Waals surface area contributed by atoms with E-state index in [1.165, 1.54) is 0 Å². The first kappa shape index (κ1) is 22.2. The average molecular weight is 417 g/mol. The van der Waals surface area contributed by atoms with Gasteiger partial charge in [-0.1, -0.05) is 50.2 Å². The van der Waals surface area contributed by atoms with Crippen LogP contribution in [0.15, 0.2) is 79.4 Å². The monoisotopic (exact) mass is 416 g/mol. The third-order valence-electron chi connectivity index (χ3n) is 5.00. The molecule has 0 bridgehead atoms. The fourth-order valence-electron chi connectivity index (χ4n) is 3.30. The van der Waals surface area contributed by atoms with Crippen molar-refractivity contribution < 1.29 is 9.59 Å². The summed E-state index contributed by atoms with van der Waals surface area (Å²) in [5.74, 6) is -0.0164. The normalized spacial score (nSPS) is 11.7. The number of nitrogens with one attached hydrogen (secondary N) is 1. The molecular formula is C25H28N4O2. The van der Waals surface area contributed by atoms with E-state index in [1.54, 1.807) is 41.8 Å². The lowest BCUT2D eigenvalue weighted by Crippen LogP contribution is -2.44. The molecule has 160 valence electrons. The van der Waals surface area contributed by atoms with Gasteiger partial charge in [0.25, 0.3) is 5.91 Å². The van der Waals surface area contributed by atoms with Crippen LogP contribution in [0, 0.1) is 5.92 Å². The van der Waals surface area contributed by atoms with Gasteiger partial charge < -0.3 is 10.2 Å². The van der Waals surface area contributed by atoms with Gasteiger partial charge in [0.1, 0.15) is 6.04 Å². The molecule has 0 saturated carbocycles. The molecule has 31 heavy (non-hydrogen) atoms. The number of hydrogen-bond donors (Lipinski definition) is 1. The van der Waals surface area contributed by atoms with Crippen LogP contribution in [0.2, 0.25) is 0 Å². The van der Waals surface area contributed by atoms with E-state index in [9.17, 15) is 9.59 Å². The number of amides is 2. The number of pyridine rings is 2. The first-order chi connectivity index (χ1) is 15.1. The van der Waals surface area contributed by atoms with Crippen LogP contribution >= 0.6 is 0 Å². The summed E-state index contributed by atoms with van der Waals surface area (Å²) in [6.45, 7) is 5.03. The SMILES string of the molecule is CC(C)CCN(C(=O)c1ccncc1)C(C(=O)NCc1cccnc1)c1ccccc1. The van der Waals surface area contributed by atoms with E-state index >= 15 is 0 Å². The van der Waals surface area contributed by atoms with Gasteiger partial charge >= 0.3 is 0 Å². The quantitative estimate of drug-likeness (QED) is 0.572. The second-order valence-electron chi connectivity index (χ2n) is 7.81. The van der Waals surface area contributed by atoms with Gasteiger partial charge in [0.05, 0.1) is 0 Å². The van der Waals surface area contributed by atoms with Crippen LogP contribution in [0.1, 0.15) is 47.8 Å². The fourth-order valence-corrected chi connectivity index (χ4v) is 3.30. The summed E-state index contributed by atoms with van der Waals surface area (Å²) >= 11 is 0. The molecule has 6 heteroatoms. The molecule has 0 aliphatic heterocycles.